The minimum atomic E-state index is -0.245. The first-order valence-corrected chi connectivity index (χ1v) is 6.02. The average molecular weight is 251 g/mol. The van der Waals surface area contributed by atoms with Crippen molar-refractivity contribution < 1.29 is 9.59 Å². The van der Waals surface area contributed by atoms with Crippen LogP contribution < -0.4 is 0 Å². The molecule has 2 heterocycles. The molecule has 4 nitrogen and oxygen atoms in total. The molecule has 0 bridgehead atoms. The minimum Gasteiger partial charge on any atom is -0.267 e. The molecule has 1 saturated heterocycles. The Labute approximate surface area is 104 Å². The summed E-state index contributed by atoms with van der Waals surface area (Å²) in [6, 6.07) is 7.11. The van der Waals surface area contributed by atoms with Gasteiger partial charge in [-0.3, -0.25) is 9.59 Å². The fourth-order valence-corrected chi connectivity index (χ4v) is 2.71. The predicted octanol–water partition coefficient (Wildman–Crippen LogP) is 1.51. The van der Waals surface area contributed by atoms with Crippen molar-refractivity contribution in [3.8, 4) is 0 Å². The zero-order valence-electron chi connectivity index (χ0n) is 9.26. The van der Waals surface area contributed by atoms with Gasteiger partial charge in [0.1, 0.15) is 0 Å². The highest BCUT2D eigenvalue weighted by Gasteiger charge is 2.54. The summed E-state index contributed by atoms with van der Waals surface area (Å²) in [7, 11) is 0. The minimum absolute atomic E-state index is 0.0823. The summed E-state index contributed by atoms with van der Waals surface area (Å²) in [5.41, 5.74) is 0.954. The molecular weight excluding hydrogens is 240 g/mol. The van der Waals surface area contributed by atoms with Crippen molar-refractivity contribution in [3.05, 3.63) is 35.4 Å². The van der Waals surface area contributed by atoms with Crippen LogP contribution in [0.4, 0.5) is 0 Å². The maximum Gasteiger partial charge on any atom is 0.276 e. The van der Waals surface area contributed by atoms with Gasteiger partial charge in [-0.15, -0.1) is 11.6 Å². The summed E-state index contributed by atoms with van der Waals surface area (Å²) in [5, 5.41) is 2.97. The number of alkyl halides is 1. The van der Waals surface area contributed by atoms with E-state index >= 15 is 0 Å². The van der Waals surface area contributed by atoms with Crippen LogP contribution in [-0.2, 0) is 0 Å². The van der Waals surface area contributed by atoms with Gasteiger partial charge in [-0.2, -0.15) is 0 Å². The fraction of sp³-hybridized carbons (Fsp3) is 0.333. The Morgan fingerprint density at radius 2 is 1.71 bits per heavy atom. The van der Waals surface area contributed by atoms with E-state index in [0.29, 0.717) is 17.0 Å². The lowest BCUT2D eigenvalue weighted by Crippen LogP contribution is -2.37. The molecule has 1 aromatic rings. The molecule has 88 valence electrons. The zero-order valence-corrected chi connectivity index (χ0v) is 10.0. The summed E-state index contributed by atoms with van der Waals surface area (Å²) in [5.74, 6) is -0.0654. The summed E-state index contributed by atoms with van der Waals surface area (Å²) < 4.78 is 0. The van der Waals surface area contributed by atoms with Crippen LogP contribution in [0.25, 0.3) is 0 Å². The van der Waals surface area contributed by atoms with Crippen LogP contribution in [0.15, 0.2) is 24.3 Å². The Bertz CT molecular complexity index is 482. The molecule has 17 heavy (non-hydrogen) atoms. The number of imide groups is 1. The van der Waals surface area contributed by atoms with Gasteiger partial charge in [-0.25, -0.2) is 10.0 Å². The number of rotatable bonds is 2. The van der Waals surface area contributed by atoms with E-state index in [1.54, 1.807) is 29.3 Å². The van der Waals surface area contributed by atoms with Crippen LogP contribution >= 0.6 is 11.6 Å². The number of carbonyl (C=O) groups excluding carboxylic acids is 2. The molecule has 0 radical (unpaired) electrons. The molecule has 0 aromatic heterocycles. The number of hydrazine groups is 1. The standard InChI is InChI=1S/C12H11ClN2O2/c1-7-10(6-13)14(7)15-11(16)8-4-2-3-5-9(8)12(15)17/h2-5,7,10H,6H2,1H3/t7-,10-,14?/m1/s1. The normalized spacial score (nSPS) is 30.7. The Hall–Kier alpha value is -1.39. The van der Waals surface area contributed by atoms with Crippen LogP contribution in [0.2, 0.25) is 0 Å². The summed E-state index contributed by atoms with van der Waals surface area (Å²) in [4.78, 5) is 24.2. The number of carbonyl (C=O) groups is 2. The number of benzene rings is 1. The molecule has 0 saturated carbocycles. The van der Waals surface area contributed by atoms with E-state index in [-0.39, 0.29) is 23.9 Å². The lowest BCUT2D eigenvalue weighted by atomic mass is 10.1. The molecule has 3 atom stereocenters. The Morgan fingerprint density at radius 3 is 2.12 bits per heavy atom. The van der Waals surface area contributed by atoms with Gasteiger partial charge in [0.2, 0.25) is 0 Å². The maximum atomic E-state index is 12.1. The lowest BCUT2D eigenvalue weighted by Gasteiger charge is -2.15. The molecule has 1 fully saturated rings. The van der Waals surface area contributed by atoms with E-state index in [2.05, 4.69) is 0 Å². The van der Waals surface area contributed by atoms with Crippen molar-refractivity contribution in [2.45, 2.75) is 19.0 Å². The SMILES string of the molecule is C[C@@H]1[C@@H](CCl)N1N1C(=O)c2ccccc2C1=O. The topological polar surface area (TPSA) is 40.4 Å². The van der Waals surface area contributed by atoms with E-state index in [0.717, 1.165) is 0 Å². The van der Waals surface area contributed by atoms with E-state index in [4.69, 9.17) is 11.6 Å². The highest BCUT2D eigenvalue weighted by molar-refractivity contribution is 6.21. The third-order valence-corrected chi connectivity index (χ3v) is 3.70. The van der Waals surface area contributed by atoms with Gasteiger partial charge >= 0.3 is 0 Å². The van der Waals surface area contributed by atoms with Gasteiger partial charge in [-0.1, -0.05) is 12.1 Å². The monoisotopic (exact) mass is 250 g/mol. The number of halogens is 1. The molecule has 2 amide bonds. The number of hydrogen-bond donors (Lipinski definition) is 0. The van der Waals surface area contributed by atoms with Crippen molar-refractivity contribution in [1.29, 1.82) is 0 Å². The van der Waals surface area contributed by atoms with Crippen molar-refractivity contribution in [1.82, 2.24) is 10.0 Å². The summed E-state index contributed by atoms with van der Waals surface area (Å²) >= 11 is 5.78. The lowest BCUT2D eigenvalue weighted by molar-refractivity contribution is 0.0352. The predicted molar refractivity (Wildman–Crippen MR) is 62.8 cm³/mol. The maximum absolute atomic E-state index is 12.1. The van der Waals surface area contributed by atoms with E-state index in [1.165, 1.54) is 5.01 Å². The van der Waals surface area contributed by atoms with Crippen molar-refractivity contribution in [2.75, 3.05) is 5.88 Å². The first-order valence-electron chi connectivity index (χ1n) is 5.49. The van der Waals surface area contributed by atoms with Crippen LogP contribution in [0.1, 0.15) is 27.6 Å². The third kappa shape index (κ3) is 1.34. The second kappa shape index (κ2) is 3.55. The average Bonchev–Trinajstić information content (AvgIpc) is 2.91. The summed E-state index contributed by atoms with van der Waals surface area (Å²) in [6.07, 6.45) is 0. The molecule has 0 spiro atoms. The van der Waals surface area contributed by atoms with Crippen LogP contribution in [-0.4, -0.2) is 39.8 Å². The fourth-order valence-electron chi connectivity index (χ4n) is 2.31. The number of fused-ring (bicyclic) bond motifs is 1. The molecule has 0 N–H and O–H groups in total. The molecule has 0 aliphatic carbocycles. The van der Waals surface area contributed by atoms with Crippen molar-refractivity contribution >= 4 is 23.4 Å². The van der Waals surface area contributed by atoms with Gasteiger partial charge in [0.15, 0.2) is 0 Å². The Morgan fingerprint density at radius 1 is 1.18 bits per heavy atom. The van der Waals surface area contributed by atoms with Gasteiger partial charge in [0.05, 0.1) is 17.2 Å². The Kier molecular flexibility index (Phi) is 2.24. The van der Waals surface area contributed by atoms with Gasteiger partial charge in [0, 0.05) is 11.9 Å². The second-order valence-electron chi connectivity index (χ2n) is 4.31. The molecule has 2 aliphatic heterocycles. The van der Waals surface area contributed by atoms with Crippen molar-refractivity contribution in [3.63, 3.8) is 0 Å². The van der Waals surface area contributed by atoms with Gasteiger partial charge in [-0.05, 0) is 19.1 Å². The molecule has 1 aromatic carbocycles. The van der Waals surface area contributed by atoms with E-state index in [9.17, 15) is 9.59 Å². The van der Waals surface area contributed by atoms with E-state index < -0.39 is 0 Å². The van der Waals surface area contributed by atoms with Crippen LogP contribution in [0.3, 0.4) is 0 Å². The van der Waals surface area contributed by atoms with Crippen molar-refractivity contribution in [2.24, 2.45) is 0 Å². The zero-order chi connectivity index (χ0) is 12.2. The summed E-state index contributed by atoms with van der Waals surface area (Å²) in [6.45, 7) is 1.95. The first kappa shape index (κ1) is 10.7. The molecular formula is C12H11ClN2O2. The van der Waals surface area contributed by atoms with E-state index in [1.807, 2.05) is 6.92 Å². The van der Waals surface area contributed by atoms with Crippen LogP contribution in [0, 0.1) is 0 Å². The molecule has 2 aliphatic rings. The van der Waals surface area contributed by atoms with Crippen LogP contribution in [0.5, 0.6) is 0 Å². The van der Waals surface area contributed by atoms with Gasteiger partial charge < -0.3 is 0 Å². The molecule has 3 rings (SSSR count). The Balaban J connectivity index is 1.97. The quantitative estimate of drug-likeness (QED) is 0.454. The largest absolute Gasteiger partial charge is 0.276 e. The number of hydrogen-bond acceptors (Lipinski definition) is 3. The van der Waals surface area contributed by atoms with Gasteiger partial charge in [0.25, 0.3) is 11.8 Å². The molecule has 1 unspecified atom stereocenters. The highest BCUT2D eigenvalue weighted by Crippen LogP contribution is 2.36. The highest BCUT2D eigenvalue weighted by atomic mass is 35.5. The number of amides is 2. The first-order chi connectivity index (χ1) is 8.16. The molecule has 5 heteroatoms. The second-order valence-corrected chi connectivity index (χ2v) is 4.62. The smallest absolute Gasteiger partial charge is 0.267 e. The number of nitrogens with zero attached hydrogens (tertiary/aromatic N) is 2. The third-order valence-electron chi connectivity index (χ3n) is 3.39.